The fraction of sp³-hybridized carbons (Fsp3) is 0.286. The van der Waals surface area contributed by atoms with Gasteiger partial charge in [-0.2, -0.15) is 0 Å². The summed E-state index contributed by atoms with van der Waals surface area (Å²) in [6.45, 7) is 4.97. The molecule has 0 aliphatic carbocycles. The third-order valence-electron chi connectivity index (χ3n) is 6.24. The number of piperazine rings is 1. The van der Waals surface area contributed by atoms with Crippen molar-refractivity contribution in [3.63, 3.8) is 0 Å². The van der Waals surface area contributed by atoms with E-state index in [2.05, 4.69) is 64.1 Å². The maximum Gasteiger partial charge on any atom is 0.315 e. The molecule has 0 bridgehead atoms. The Labute approximate surface area is 201 Å². The summed E-state index contributed by atoms with van der Waals surface area (Å²) >= 11 is 0. The standard InChI is InChI=1S/C28H32N4O2/c1-22(30-28(34)29-21-23-11-5-2-6-12-23)27(33)32-19-17-31(18-20-32)26(24-13-7-3-8-14-24)25-15-9-4-10-16-25/h2-16,22,26H,17-21H2,1H3,(H2,29,30,34). The molecule has 3 aromatic carbocycles. The van der Waals surface area contributed by atoms with Gasteiger partial charge in [0, 0.05) is 32.7 Å². The van der Waals surface area contributed by atoms with Crippen LogP contribution in [0.2, 0.25) is 0 Å². The predicted molar refractivity (Wildman–Crippen MR) is 134 cm³/mol. The molecular weight excluding hydrogens is 424 g/mol. The zero-order chi connectivity index (χ0) is 23.8. The van der Waals surface area contributed by atoms with Crippen molar-refractivity contribution in [3.8, 4) is 0 Å². The van der Waals surface area contributed by atoms with Gasteiger partial charge in [0.05, 0.1) is 6.04 Å². The zero-order valence-corrected chi connectivity index (χ0v) is 19.6. The summed E-state index contributed by atoms with van der Waals surface area (Å²) in [6.07, 6.45) is 0. The number of amides is 3. The summed E-state index contributed by atoms with van der Waals surface area (Å²) < 4.78 is 0. The minimum atomic E-state index is -0.582. The molecule has 34 heavy (non-hydrogen) atoms. The maximum atomic E-state index is 13.0. The van der Waals surface area contributed by atoms with Crippen LogP contribution in [0.25, 0.3) is 0 Å². The number of nitrogens with one attached hydrogen (secondary N) is 2. The van der Waals surface area contributed by atoms with Crippen molar-refractivity contribution in [1.82, 2.24) is 20.4 Å². The molecule has 6 heteroatoms. The first-order chi connectivity index (χ1) is 16.6. The second-order valence-corrected chi connectivity index (χ2v) is 8.62. The molecule has 6 nitrogen and oxygen atoms in total. The quantitative estimate of drug-likeness (QED) is 0.568. The van der Waals surface area contributed by atoms with Crippen LogP contribution >= 0.6 is 0 Å². The molecule has 1 aliphatic heterocycles. The van der Waals surface area contributed by atoms with Gasteiger partial charge in [-0.05, 0) is 23.6 Å². The molecule has 1 saturated heterocycles. The van der Waals surface area contributed by atoms with Gasteiger partial charge in [0.2, 0.25) is 5.91 Å². The number of hydrogen-bond donors (Lipinski definition) is 2. The Morgan fingerprint density at radius 1 is 0.765 bits per heavy atom. The minimum absolute atomic E-state index is 0.0505. The first kappa shape index (κ1) is 23.5. The van der Waals surface area contributed by atoms with Crippen LogP contribution in [-0.4, -0.2) is 54.0 Å². The van der Waals surface area contributed by atoms with Crippen LogP contribution in [0.3, 0.4) is 0 Å². The van der Waals surface area contributed by atoms with Gasteiger partial charge in [-0.1, -0.05) is 91.0 Å². The largest absolute Gasteiger partial charge is 0.338 e. The molecule has 0 spiro atoms. The number of urea groups is 1. The molecule has 4 rings (SSSR count). The molecule has 3 amide bonds. The third kappa shape index (κ3) is 6.02. The highest BCUT2D eigenvalue weighted by atomic mass is 16.2. The van der Waals surface area contributed by atoms with Crippen molar-refractivity contribution >= 4 is 11.9 Å². The number of benzene rings is 3. The normalized spacial score (nSPS) is 15.1. The SMILES string of the molecule is CC(NC(=O)NCc1ccccc1)C(=O)N1CCN(C(c2ccccc2)c2ccccc2)CC1. The van der Waals surface area contributed by atoms with E-state index < -0.39 is 6.04 Å². The molecule has 0 radical (unpaired) electrons. The number of hydrogen-bond acceptors (Lipinski definition) is 3. The Morgan fingerprint density at radius 3 is 1.79 bits per heavy atom. The van der Waals surface area contributed by atoms with Crippen molar-refractivity contribution < 1.29 is 9.59 Å². The lowest BCUT2D eigenvalue weighted by Gasteiger charge is -2.40. The Hall–Kier alpha value is -3.64. The van der Waals surface area contributed by atoms with E-state index in [1.165, 1.54) is 11.1 Å². The topological polar surface area (TPSA) is 64.7 Å². The fourth-order valence-electron chi connectivity index (χ4n) is 4.45. The van der Waals surface area contributed by atoms with Crippen molar-refractivity contribution in [2.24, 2.45) is 0 Å². The molecular formula is C28H32N4O2. The van der Waals surface area contributed by atoms with Gasteiger partial charge in [-0.25, -0.2) is 4.79 Å². The molecule has 3 aromatic rings. The number of rotatable bonds is 7. The number of carbonyl (C=O) groups excluding carboxylic acids is 2. The first-order valence-electron chi connectivity index (χ1n) is 11.8. The first-order valence-corrected chi connectivity index (χ1v) is 11.8. The Balaban J connectivity index is 1.32. The van der Waals surface area contributed by atoms with E-state index in [1.54, 1.807) is 6.92 Å². The van der Waals surface area contributed by atoms with Gasteiger partial charge in [0.15, 0.2) is 0 Å². The highest BCUT2D eigenvalue weighted by molar-refractivity contribution is 5.86. The average molecular weight is 457 g/mol. The lowest BCUT2D eigenvalue weighted by Crippen LogP contribution is -2.55. The molecule has 0 aromatic heterocycles. The van der Waals surface area contributed by atoms with Crippen LogP contribution in [0.4, 0.5) is 4.79 Å². The molecule has 2 N–H and O–H groups in total. The summed E-state index contributed by atoms with van der Waals surface area (Å²) in [5, 5.41) is 5.59. The van der Waals surface area contributed by atoms with Gasteiger partial charge < -0.3 is 15.5 Å². The molecule has 1 atom stereocenters. The molecule has 1 heterocycles. The van der Waals surface area contributed by atoms with Crippen LogP contribution in [-0.2, 0) is 11.3 Å². The van der Waals surface area contributed by atoms with E-state index in [-0.39, 0.29) is 18.0 Å². The van der Waals surface area contributed by atoms with Gasteiger partial charge >= 0.3 is 6.03 Å². The van der Waals surface area contributed by atoms with Crippen LogP contribution < -0.4 is 10.6 Å². The third-order valence-corrected chi connectivity index (χ3v) is 6.24. The fourth-order valence-corrected chi connectivity index (χ4v) is 4.45. The van der Waals surface area contributed by atoms with Crippen LogP contribution in [0.1, 0.15) is 29.7 Å². The van der Waals surface area contributed by atoms with Gasteiger partial charge in [-0.3, -0.25) is 9.69 Å². The summed E-state index contributed by atoms with van der Waals surface area (Å²) in [6, 6.07) is 29.9. The van der Waals surface area contributed by atoms with E-state index in [4.69, 9.17) is 0 Å². The Morgan fingerprint density at radius 2 is 1.26 bits per heavy atom. The smallest absolute Gasteiger partial charge is 0.315 e. The number of carbonyl (C=O) groups is 2. The second-order valence-electron chi connectivity index (χ2n) is 8.62. The Bertz CT molecular complexity index is 1010. The monoisotopic (exact) mass is 456 g/mol. The molecule has 0 saturated carbocycles. The van der Waals surface area contributed by atoms with E-state index in [1.807, 2.05) is 47.4 Å². The predicted octanol–water partition coefficient (Wildman–Crippen LogP) is 3.81. The summed E-state index contributed by atoms with van der Waals surface area (Å²) in [4.78, 5) is 29.5. The van der Waals surface area contributed by atoms with Crippen molar-refractivity contribution in [3.05, 3.63) is 108 Å². The molecule has 1 fully saturated rings. The van der Waals surface area contributed by atoms with Crippen LogP contribution in [0.5, 0.6) is 0 Å². The van der Waals surface area contributed by atoms with E-state index >= 15 is 0 Å². The highest BCUT2D eigenvalue weighted by Crippen LogP contribution is 2.29. The average Bonchev–Trinajstić information content (AvgIpc) is 2.89. The molecule has 1 aliphatic rings. The van der Waals surface area contributed by atoms with E-state index in [0.29, 0.717) is 19.6 Å². The van der Waals surface area contributed by atoms with E-state index in [0.717, 1.165) is 18.7 Å². The second kappa shape index (κ2) is 11.5. The maximum absolute atomic E-state index is 13.0. The molecule has 1 unspecified atom stereocenters. The number of nitrogens with zero attached hydrogens (tertiary/aromatic N) is 2. The van der Waals surface area contributed by atoms with Gasteiger partial charge in [-0.15, -0.1) is 0 Å². The van der Waals surface area contributed by atoms with Crippen LogP contribution in [0, 0.1) is 0 Å². The van der Waals surface area contributed by atoms with Gasteiger partial charge in [0.1, 0.15) is 6.04 Å². The summed E-state index contributed by atoms with van der Waals surface area (Å²) in [5.74, 6) is -0.0505. The minimum Gasteiger partial charge on any atom is -0.338 e. The van der Waals surface area contributed by atoms with Gasteiger partial charge in [0.25, 0.3) is 0 Å². The lowest BCUT2D eigenvalue weighted by molar-refractivity contribution is -0.134. The Kier molecular flexibility index (Phi) is 7.94. The van der Waals surface area contributed by atoms with Crippen molar-refractivity contribution in [2.75, 3.05) is 26.2 Å². The van der Waals surface area contributed by atoms with Crippen molar-refractivity contribution in [1.29, 1.82) is 0 Å². The van der Waals surface area contributed by atoms with E-state index in [9.17, 15) is 9.59 Å². The van der Waals surface area contributed by atoms with Crippen LogP contribution in [0.15, 0.2) is 91.0 Å². The summed E-state index contributed by atoms with van der Waals surface area (Å²) in [7, 11) is 0. The highest BCUT2D eigenvalue weighted by Gasteiger charge is 2.30. The molecule has 176 valence electrons. The zero-order valence-electron chi connectivity index (χ0n) is 19.6. The summed E-state index contributed by atoms with van der Waals surface area (Å²) in [5.41, 5.74) is 3.51. The van der Waals surface area contributed by atoms with Crippen molar-refractivity contribution in [2.45, 2.75) is 25.6 Å². The lowest BCUT2D eigenvalue weighted by atomic mass is 9.96.